The van der Waals surface area contributed by atoms with Crippen molar-refractivity contribution in [2.75, 3.05) is 19.5 Å². The van der Waals surface area contributed by atoms with Crippen molar-refractivity contribution in [3.05, 3.63) is 90.0 Å². The average Bonchev–Trinajstić information content (AvgIpc) is 2.82. The van der Waals surface area contributed by atoms with Crippen LogP contribution in [-0.2, 0) is 11.3 Å². The van der Waals surface area contributed by atoms with Crippen molar-refractivity contribution in [3.63, 3.8) is 0 Å². The van der Waals surface area contributed by atoms with Crippen LogP contribution < -0.4 is 25.4 Å². The molecule has 0 spiro atoms. The Kier molecular flexibility index (Phi) is 7.48. The number of rotatable bonds is 8. The van der Waals surface area contributed by atoms with Gasteiger partial charge in [0.25, 0.3) is 5.91 Å². The third kappa shape index (κ3) is 5.99. The van der Waals surface area contributed by atoms with E-state index < -0.39 is 12.1 Å². The maximum absolute atomic E-state index is 12.9. The molecule has 0 heterocycles. The predicted molar refractivity (Wildman–Crippen MR) is 119 cm³/mol. The third-order valence-electron chi connectivity index (χ3n) is 4.61. The number of amides is 3. The zero-order valence-corrected chi connectivity index (χ0v) is 17.4. The van der Waals surface area contributed by atoms with Crippen LogP contribution in [0, 0.1) is 0 Å². The number of nitrogens with one attached hydrogen (secondary N) is 3. The van der Waals surface area contributed by atoms with E-state index in [0.29, 0.717) is 22.7 Å². The fraction of sp³-hybridized carbons (Fsp3) is 0.167. The highest BCUT2D eigenvalue weighted by molar-refractivity contribution is 5.97. The van der Waals surface area contributed by atoms with Gasteiger partial charge in [0.15, 0.2) is 11.5 Å². The van der Waals surface area contributed by atoms with Gasteiger partial charge >= 0.3 is 6.03 Å². The molecule has 1 atom stereocenters. The number of carbonyl (C=O) groups excluding carboxylic acids is 2. The lowest BCUT2D eigenvalue weighted by molar-refractivity contribution is -0.118. The highest BCUT2D eigenvalue weighted by Gasteiger charge is 2.22. The SMILES string of the molecule is COc1ccc(CNC(=O)NC(C(=O)Nc2ccccc2)c2ccccc2)cc1OC. The van der Waals surface area contributed by atoms with Crippen molar-refractivity contribution >= 4 is 17.6 Å². The fourth-order valence-corrected chi connectivity index (χ4v) is 3.04. The minimum absolute atomic E-state index is 0.258. The van der Waals surface area contributed by atoms with E-state index in [2.05, 4.69) is 16.0 Å². The molecule has 3 N–H and O–H groups in total. The Morgan fingerprint density at radius 3 is 2.13 bits per heavy atom. The zero-order valence-electron chi connectivity index (χ0n) is 17.4. The molecule has 3 amide bonds. The molecule has 3 aromatic rings. The van der Waals surface area contributed by atoms with E-state index in [1.807, 2.05) is 42.5 Å². The van der Waals surface area contributed by atoms with Gasteiger partial charge in [0.2, 0.25) is 0 Å². The molecular formula is C24H25N3O4. The molecule has 0 radical (unpaired) electrons. The van der Waals surface area contributed by atoms with Crippen LogP contribution in [0.4, 0.5) is 10.5 Å². The van der Waals surface area contributed by atoms with Crippen molar-refractivity contribution in [2.45, 2.75) is 12.6 Å². The van der Waals surface area contributed by atoms with Gasteiger partial charge in [-0.05, 0) is 35.4 Å². The molecule has 7 nitrogen and oxygen atoms in total. The van der Waals surface area contributed by atoms with Crippen LogP contribution in [0.15, 0.2) is 78.9 Å². The van der Waals surface area contributed by atoms with Gasteiger partial charge in [0.1, 0.15) is 6.04 Å². The summed E-state index contributed by atoms with van der Waals surface area (Å²) in [7, 11) is 3.12. The lowest BCUT2D eigenvalue weighted by Gasteiger charge is -2.19. The van der Waals surface area contributed by atoms with Gasteiger partial charge < -0.3 is 25.4 Å². The molecular weight excluding hydrogens is 394 g/mol. The maximum Gasteiger partial charge on any atom is 0.315 e. The standard InChI is InChI=1S/C24H25N3O4/c1-30-20-14-13-17(15-21(20)31-2)16-25-24(29)27-22(18-9-5-3-6-10-18)23(28)26-19-11-7-4-8-12-19/h3-15,22H,16H2,1-2H3,(H,26,28)(H2,25,27,29). The topological polar surface area (TPSA) is 88.7 Å². The van der Waals surface area contributed by atoms with Gasteiger partial charge in [0, 0.05) is 12.2 Å². The van der Waals surface area contributed by atoms with Crippen LogP contribution >= 0.6 is 0 Å². The van der Waals surface area contributed by atoms with Gasteiger partial charge in [-0.2, -0.15) is 0 Å². The molecule has 3 aromatic carbocycles. The minimum Gasteiger partial charge on any atom is -0.493 e. The van der Waals surface area contributed by atoms with Crippen LogP contribution in [0.3, 0.4) is 0 Å². The predicted octanol–water partition coefficient (Wildman–Crippen LogP) is 3.88. The largest absolute Gasteiger partial charge is 0.493 e. The summed E-state index contributed by atoms with van der Waals surface area (Å²) >= 11 is 0. The van der Waals surface area contributed by atoms with E-state index in [0.717, 1.165) is 5.56 Å². The molecule has 1 unspecified atom stereocenters. The summed E-state index contributed by atoms with van der Waals surface area (Å²) in [6, 6.07) is 22.3. The minimum atomic E-state index is -0.855. The Labute approximate surface area is 181 Å². The van der Waals surface area contributed by atoms with E-state index in [-0.39, 0.29) is 12.5 Å². The van der Waals surface area contributed by atoms with Crippen molar-refractivity contribution in [2.24, 2.45) is 0 Å². The number of hydrogen-bond acceptors (Lipinski definition) is 4. The molecule has 7 heteroatoms. The summed E-state index contributed by atoms with van der Waals surface area (Å²) in [5.41, 5.74) is 2.16. The summed E-state index contributed by atoms with van der Waals surface area (Å²) in [6.45, 7) is 0.258. The van der Waals surface area contributed by atoms with E-state index in [4.69, 9.17) is 9.47 Å². The van der Waals surface area contributed by atoms with Gasteiger partial charge in [-0.3, -0.25) is 4.79 Å². The molecule has 0 aromatic heterocycles. The monoisotopic (exact) mass is 419 g/mol. The van der Waals surface area contributed by atoms with Crippen LogP contribution in [0.5, 0.6) is 11.5 Å². The number of anilines is 1. The molecule has 0 aliphatic heterocycles. The van der Waals surface area contributed by atoms with Gasteiger partial charge in [-0.15, -0.1) is 0 Å². The molecule has 0 saturated carbocycles. The van der Waals surface area contributed by atoms with Crippen LogP contribution in [-0.4, -0.2) is 26.2 Å². The normalized spacial score (nSPS) is 11.2. The van der Waals surface area contributed by atoms with Crippen LogP contribution in [0.1, 0.15) is 17.2 Å². The summed E-state index contributed by atoms with van der Waals surface area (Å²) < 4.78 is 10.5. The smallest absolute Gasteiger partial charge is 0.315 e. The second-order valence-corrected chi connectivity index (χ2v) is 6.72. The molecule has 0 saturated heterocycles. The highest BCUT2D eigenvalue weighted by Crippen LogP contribution is 2.27. The van der Waals surface area contributed by atoms with Crippen molar-refractivity contribution in [1.29, 1.82) is 0 Å². The first kappa shape index (κ1) is 21.7. The number of para-hydroxylation sites is 1. The average molecular weight is 419 g/mol. The van der Waals surface area contributed by atoms with E-state index in [9.17, 15) is 9.59 Å². The number of carbonyl (C=O) groups is 2. The fourth-order valence-electron chi connectivity index (χ4n) is 3.04. The van der Waals surface area contributed by atoms with Crippen LogP contribution in [0.25, 0.3) is 0 Å². The molecule has 3 rings (SSSR count). The van der Waals surface area contributed by atoms with Gasteiger partial charge in [-0.1, -0.05) is 54.6 Å². The molecule has 0 fully saturated rings. The Morgan fingerprint density at radius 1 is 0.839 bits per heavy atom. The summed E-state index contributed by atoms with van der Waals surface area (Å²) in [6.07, 6.45) is 0. The lowest BCUT2D eigenvalue weighted by atomic mass is 10.1. The zero-order chi connectivity index (χ0) is 22.1. The summed E-state index contributed by atoms with van der Waals surface area (Å²) in [5, 5.41) is 8.37. The van der Waals surface area contributed by atoms with Crippen molar-refractivity contribution in [1.82, 2.24) is 10.6 Å². The Morgan fingerprint density at radius 2 is 1.48 bits per heavy atom. The molecule has 160 valence electrons. The van der Waals surface area contributed by atoms with Gasteiger partial charge in [0.05, 0.1) is 14.2 Å². The number of urea groups is 1. The Bertz CT molecular complexity index is 1010. The number of hydrogen-bond donors (Lipinski definition) is 3. The first-order valence-corrected chi connectivity index (χ1v) is 9.77. The van der Waals surface area contributed by atoms with E-state index in [1.54, 1.807) is 50.6 Å². The number of ether oxygens (including phenoxy) is 2. The molecule has 0 aliphatic carbocycles. The Balaban J connectivity index is 1.68. The number of methoxy groups -OCH3 is 2. The van der Waals surface area contributed by atoms with E-state index in [1.165, 1.54) is 0 Å². The third-order valence-corrected chi connectivity index (χ3v) is 4.61. The lowest BCUT2D eigenvalue weighted by Crippen LogP contribution is -2.42. The second-order valence-electron chi connectivity index (χ2n) is 6.72. The van der Waals surface area contributed by atoms with Crippen molar-refractivity contribution < 1.29 is 19.1 Å². The van der Waals surface area contributed by atoms with Crippen molar-refractivity contribution in [3.8, 4) is 11.5 Å². The Hall–Kier alpha value is -4.00. The van der Waals surface area contributed by atoms with Crippen LogP contribution in [0.2, 0.25) is 0 Å². The first-order valence-electron chi connectivity index (χ1n) is 9.77. The number of benzene rings is 3. The maximum atomic E-state index is 12.9. The molecule has 31 heavy (non-hydrogen) atoms. The molecule has 0 aliphatic rings. The quantitative estimate of drug-likeness (QED) is 0.517. The first-order chi connectivity index (χ1) is 15.1. The van der Waals surface area contributed by atoms with Gasteiger partial charge in [-0.25, -0.2) is 4.79 Å². The highest BCUT2D eigenvalue weighted by atomic mass is 16.5. The van der Waals surface area contributed by atoms with E-state index >= 15 is 0 Å². The molecule has 0 bridgehead atoms. The summed E-state index contributed by atoms with van der Waals surface area (Å²) in [5.74, 6) is 0.850. The summed E-state index contributed by atoms with van der Waals surface area (Å²) in [4.78, 5) is 25.5. The second kappa shape index (κ2) is 10.7.